The second-order valence-electron chi connectivity index (χ2n) is 4.81. The molecule has 0 aliphatic carbocycles. The number of benzene rings is 2. The van der Waals surface area contributed by atoms with Crippen LogP contribution in [0.25, 0.3) is 0 Å². The highest BCUT2D eigenvalue weighted by atomic mass is 16.5. The number of hydrogen-bond acceptors (Lipinski definition) is 5. The van der Waals surface area contributed by atoms with E-state index in [0.717, 1.165) is 0 Å². The number of ketones is 1. The van der Waals surface area contributed by atoms with Crippen molar-refractivity contribution in [2.24, 2.45) is 5.92 Å². The average Bonchev–Trinajstić information content (AvgIpc) is 2.63. The van der Waals surface area contributed by atoms with Crippen LogP contribution in [0.3, 0.4) is 0 Å². The molecule has 0 spiro atoms. The fourth-order valence-corrected chi connectivity index (χ4v) is 1.99. The molecule has 2 rings (SSSR count). The largest absolute Gasteiger partial charge is 0.457 e. The molecule has 118 valence electrons. The number of carbonyl (C=O) groups excluding carboxylic acids is 2. The van der Waals surface area contributed by atoms with Gasteiger partial charge in [0, 0.05) is 12.6 Å². The van der Waals surface area contributed by atoms with Gasteiger partial charge in [-0.05, 0) is 36.4 Å². The Morgan fingerprint density at radius 1 is 1.08 bits per heavy atom. The Labute approximate surface area is 138 Å². The normalized spacial score (nSPS) is 10.8. The van der Waals surface area contributed by atoms with Gasteiger partial charge in [-0.25, -0.2) is 0 Å². The van der Waals surface area contributed by atoms with E-state index in [1.165, 1.54) is 19.2 Å². The maximum absolute atomic E-state index is 12.3. The molecular weight excluding hydrogens is 306 g/mol. The summed E-state index contributed by atoms with van der Waals surface area (Å²) in [6.45, 7) is 0. The van der Waals surface area contributed by atoms with Gasteiger partial charge in [0.25, 0.3) is 0 Å². The number of amides is 1. The summed E-state index contributed by atoms with van der Waals surface area (Å²) in [5, 5.41) is 20.1. The summed E-state index contributed by atoms with van der Waals surface area (Å²) in [4.78, 5) is 23.9. The van der Waals surface area contributed by atoms with Gasteiger partial charge < -0.3 is 10.1 Å². The van der Waals surface area contributed by atoms with Gasteiger partial charge in [0.05, 0.1) is 17.7 Å². The second-order valence-corrected chi connectivity index (χ2v) is 4.81. The van der Waals surface area contributed by atoms with Crippen LogP contribution in [0.15, 0.2) is 48.5 Å². The zero-order valence-corrected chi connectivity index (χ0v) is 12.8. The van der Waals surface area contributed by atoms with Gasteiger partial charge in [0.1, 0.15) is 11.5 Å². The average molecular weight is 319 g/mol. The molecule has 6 heteroatoms. The van der Waals surface area contributed by atoms with Crippen LogP contribution in [0, 0.1) is 28.6 Å². The number of nitrogens with one attached hydrogen (secondary N) is 1. The molecule has 0 saturated carbocycles. The van der Waals surface area contributed by atoms with Crippen molar-refractivity contribution in [2.75, 3.05) is 7.05 Å². The molecule has 1 N–H and O–H groups in total. The Kier molecular flexibility index (Phi) is 5.28. The summed E-state index contributed by atoms with van der Waals surface area (Å²) in [5.74, 6) is -1.76. The topological polar surface area (TPSA) is 103 Å². The van der Waals surface area contributed by atoms with Crippen LogP contribution >= 0.6 is 0 Å². The van der Waals surface area contributed by atoms with Crippen LogP contribution in [-0.2, 0) is 4.79 Å². The van der Waals surface area contributed by atoms with E-state index in [9.17, 15) is 9.59 Å². The van der Waals surface area contributed by atoms with Gasteiger partial charge in [-0.1, -0.05) is 12.1 Å². The lowest BCUT2D eigenvalue weighted by Crippen LogP contribution is -2.32. The number of nitrogens with zero attached hydrogens (tertiary/aromatic N) is 2. The number of nitriles is 2. The first-order chi connectivity index (χ1) is 11.6. The molecule has 0 aliphatic rings. The minimum Gasteiger partial charge on any atom is -0.457 e. The number of carbonyl (C=O) groups is 2. The molecule has 6 nitrogen and oxygen atoms in total. The number of rotatable bonds is 5. The van der Waals surface area contributed by atoms with Crippen LogP contribution < -0.4 is 10.1 Å². The van der Waals surface area contributed by atoms with Gasteiger partial charge in [0.15, 0.2) is 11.7 Å². The summed E-state index contributed by atoms with van der Waals surface area (Å²) >= 11 is 0. The maximum Gasteiger partial charge on any atom is 0.245 e. The van der Waals surface area contributed by atoms with Crippen LogP contribution in [0.2, 0.25) is 0 Å². The molecule has 0 fully saturated rings. The smallest absolute Gasteiger partial charge is 0.245 e. The van der Waals surface area contributed by atoms with Crippen molar-refractivity contribution in [1.82, 2.24) is 5.32 Å². The molecule has 24 heavy (non-hydrogen) atoms. The van der Waals surface area contributed by atoms with Crippen molar-refractivity contribution < 1.29 is 14.3 Å². The third-order valence-corrected chi connectivity index (χ3v) is 3.24. The number of Topliss-reactive ketones (excluding diaryl/α,β-unsaturated/α-hetero) is 1. The third kappa shape index (κ3) is 3.76. The highest BCUT2D eigenvalue weighted by Gasteiger charge is 2.26. The Hall–Kier alpha value is -3.64. The van der Waals surface area contributed by atoms with Crippen LogP contribution in [0.1, 0.15) is 15.9 Å². The van der Waals surface area contributed by atoms with Crippen LogP contribution in [0.4, 0.5) is 0 Å². The molecule has 2 aromatic rings. The summed E-state index contributed by atoms with van der Waals surface area (Å²) in [5.41, 5.74) is 0.713. The monoisotopic (exact) mass is 319 g/mol. The van der Waals surface area contributed by atoms with Gasteiger partial charge in [-0.2, -0.15) is 10.5 Å². The Bertz CT molecular complexity index is 845. The fraction of sp³-hybridized carbons (Fsp3) is 0.111. The molecule has 0 saturated heterocycles. The lowest BCUT2D eigenvalue weighted by molar-refractivity contribution is -0.121. The van der Waals surface area contributed by atoms with E-state index in [0.29, 0.717) is 17.1 Å². The van der Waals surface area contributed by atoms with Gasteiger partial charge in [-0.3, -0.25) is 9.59 Å². The van der Waals surface area contributed by atoms with E-state index in [1.807, 2.05) is 6.07 Å². The van der Waals surface area contributed by atoms with Crippen LogP contribution in [0.5, 0.6) is 11.5 Å². The summed E-state index contributed by atoms with van der Waals surface area (Å²) in [6.07, 6.45) is 0. The molecule has 1 atom stereocenters. The minimum absolute atomic E-state index is 0.205. The third-order valence-electron chi connectivity index (χ3n) is 3.24. The van der Waals surface area contributed by atoms with Crippen molar-refractivity contribution in [3.8, 4) is 23.6 Å². The van der Waals surface area contributed by atoms with E-state index >= 15 is 0 Å². The molecule has 0 radical (unpaired) electrons. The lowest BCUT2D eigenvalue weighted by Gasteiger charge is -2.09. The van der Waals surface area contributed by atoms with E-state index in [4.69, 9.17) is 15.3 Å². The predicted molar refractivity (Wildman–Crippen MR) is 85.2 cm³/mol. The highest BCUT2D eigenvalue weighted by Crippen LogP contribution is 2.23. The van der Waals surface area contributed by atoms with Gasteiger partial charge in [-0.15, -0.1) is 0 Å². The van der Waals surface area contributed by atoms with E-state index in [2.05, 4.69) is 5.32 Å². The molecule has 0 bridgehead atoms. The zero-order chi connectivity index (χ0) is 17.5. The van der Waals surface area contributed by atoms with Gasteiger partial charge >= 0.3 is 0 Å². The quantitative estimate of drug-likeness (QED) is 0.673. The highest BCUT2D eigenvalue weighted by molar-refractivity contribution is 6.12. The van der Waals surface area contributed by atoms with Crippen molar-refractivity contribution in [3.63, 3.8) is 0 Å². The van der Waals surface area contributed by atoms with E-state index in [1.54, 1.807) is 42.5 Å². The SMILES string of the molecule is CNC(=O)[C@@H](C#N)C(=O)c1cccc(Oc2ccc(C#N)cc2)c1. The standard InChI is InChI=1S/C18H13N3O3/c1-21-18(23)16(11-20)17(22)13-3-2-4-15(9-13)24-14-7-5-12(10-19)6-8-14/h2-9,16H,1H3,(H,21,23)/t16-/m0/s1. The minimum atomic E-state index is -1.40. The van der Waals surface area contributed by atoms with Gasteiger partial charge in [0.2, 0.25) is 5.91 Å². The summed E-state index contributed by atoms with van der Waals surface area (Å²) in [7, 11) is 1.37. The molecule has 2 aromatic carbocycles. The van der Waals surface area contributed by atoms with Crippen LogP contribution in [-0.4, -0.2) is 18.7 Å². The zero-order valence-electron chi connectivity index (χ0n) is 12.8. The molecule has 0 aromatic heterocycles. The number of hydrogen-bond donors (Lipinski definition) is 1. The van der Waals surface area contributed by atoms with Crippen molar-refractivity contribution in [3.05, 3.63) is 59.7 Å². The van der Waals surface area contributed by atoms with Crippen molar-refractivity contribution >= 4 is 11.7 Å². The molecule has 0 heterocycles. The molecule has 1 amide bonds. The Morgan fingerprint density at radius 2 is 1.79 bits per heavy atom. The first-order valence-electron chi connectivity index (χ1n) is 7.02. The molecule has 0 unspecified atom stereocenters. The molecule has 0 aliphatic heterocycles. The first-order valence-corrected chi connectivity index (χ1v) is 7.02. The maximum atomic E-state index is 12.3. The first kappa shape index (κ1) is 16.7. The Balaban J connectivity index is 2.22. The Morgan fingerprint density at radius 3 is 2.38 bits per heavy atom. The van der Waals surface area contributed by atoms with Crippen molar-refractivity contribution in [2.45, 2.75) is 0 Å². The van der Waals surface area contributed by atoms with Crippen molar-refractivity contribution in [1.29, 1.82) is 10.5 Å². The fourth-order valence-electron chi connectivity index (χ4n) is 1.99. The van der Waals surface area contributed by atoms with E-state index < -0.39 is 17.6 Å². The number of ether oxygens (including phenoxy) is 1. The lowest BCUT2D eigenvalue weighted by atomic mass is 9.98. The second kappa shape index (κ2) is 7.57. The summed E-state index contributed by atoms with van der Waals surface area (Å²) in [6, 6.07) is 16.4. The summed E-state index contributed by atoms with van der Waals surface area (Å²) < 4.78 is 5.62. The van der Waals surface area contributed by atoms with E-state index in [-0.39, 0.29) is 5.56 Å². The molecular formula is C18H13N3O3. The predicted octanol–water partition coefficient (Wildman–Crippen LogP) is 2.42.